The smallest absolute Gasteiger partial charge is 0.322 e. The molecule has 1 aliphatic rings. The summed E-state index contributed by atoms with van der Waals surface area (Å²) in [6, 6.07) is 4.60. The van der Waals surface area contributed by atoms with Gasteiger partial charge in [-0.15, -0.1) is 0 Å². The number of aliphatic hydroxyl groups is 1. The summed E-state index contributed by atoms with van der Waals surface area (Å²) < 4.78 is 26.9. The van der Waals surface area contributed by atoms with Crippen LogP contribution in [0.4, 0.5) is 19.3 Å². The molecule has 0 saturated carbocycles. The lowest BCUT2D eigenvalue weighted by Gasteiger charge is -2.29. The summed E-state index contributed by atoms with van der Waals surface area (Å²) in [5.74, 6) is -2.35. The molecule has 3 N–H and O–H groups in total. The molecular formula is C18H15F2N5O3. The standard InChI is InChI=1S/C18H15F2N5O3/c19-10-1-2-11(13(20)5-10)16(9-26)23-17(27)8-25-7-12-14(24-18(25)28)3-4-22-15(12)6-21/h1-5,16,26H,7-9H2,(H,23,27)(H,24,28)/t16-/m0/s1. The summed E-state index contributed by atoms with van der Waals surface area (Å²) in [6.07, 6.45) is 1.39. The lowest BCUT2D eigenvalue weighted by molar-refractivity contribution is -0.122. The molecule has 1 atom stereocenters. The van der Waals surface area contributed by atoms with Gasteiger partial charge >= 0.3 is 6.03 Å². The Morgan fingerprint density at radius 2 is 2.21 bits per heavy atom. The lowest BCUT2D eigenvalue weighted by atomic mass is 10.1. The van der Waals surface area contributed by atoms with Gasteiger partial charge in [-0.25, -0.2) is 18.6 Å². The fraction of sp³-hybridized carbons (Fsp3) is 0.222. The third-order valence-corrected chi connectivity index (χ3v) is 4.23. The molecule has 1 aromatic carbocycles. The van der Waals surface area contributed by atoms with Crippen LogP contribution < -0.4 is 10.6 Å². The molecule has 3 rings (SSSR count). The highest BCUT2D eigenvalue weighted by Crippen LogP contribution is 2.25. The van der Waals surface area contributed by atoms with Crippen molar-refractivity contribution in [1.82, 2.24) is 15.2 Å². The number of nitriles is 1. The summed E-state index contributed by atoms with van der Waals surface area (Å²) in [6.45, 7) is -1.03. The first-order valence-corrected chi connectivity index (χ1v) is 8.22. The number of fused-ring (bicyclic) bond motifs is 1. The van der Waals surface area contributed by atoms with Crippen molar-refractivity contribution in [2.24, 2.45) is 0 Å². The number of nitrogens with one attached hydrogen (secondary N) is 2. The zero-order chi connectivity index (χ0) is 20.3. The van der Waals surface area contributed by atoms with E-state index in [0.29, 0.717) is 17.3 Å². The monoisotopic (exact) mass is 387 g/mol. The number of rotatable bonds is 5. The molecule has 28 heavy (non-hydrogen) atoms. The maximum atomic E-state index is 13.9. The van der Waals surface area contributed by atoms with Crippen LogP contribution in [-0.4, -0.2) is 40.1 Å². The Bertz CT molecular complexity index is 976. The average Bonchev–Trinajstić information content (AvgIpc) is 2.66. The molecule has 0 fully saturated rings. The van der Waals surface area contributed by atoms with Gasteiger partial charge < -0.3 is 20.6 Å². The minimum Gasteiger partial charge on any atom is -0.394 e. The van der Waals surface area contributed by atoms with Crippen molar-refractivity contribution in [1.29, 1.82) is 5.26 Å². The first-order chi connectivity index (χ1) is 13.4. The SMILES string of the molecule is N#Cc1nccc2c1CN(CC(=O)N[C@@H](CO)c1ccc(F)cc1F)C(=O)N2. The van der Waals surface area contributed by atoms with Crippen molar-refractivity contribution in [2.75, 3.05) is 18.5 Å². The minimum atomic E-state index is -1.11. The summed E-state index contributed by atoms with van der Waals surface area (Å²) in [7, 11) is 0. The number of carbonyl (C=O) groups is 2. The Kier molecular flexibility index (Phi) is 5.47. The molecule has 10 heteroatoms. The quantitative estimate of drug-likeness (QED) is 0.717. The highest BCUT2D eigenvalue weighted by atomic mass is 19.1. The van der Waals surface area contributed by atoms with E-state index in [2.05, 4.69) is 15.6 Å². The molecule has 0 unspecified atom stereocenters. The molecule has 1 aliphatic heterocycles. The van der Waals surface area contributed by atoms with Crippen LogP contribution in [0.3, 0.4) is 0 Å². The zero-order valence-electron chi connectivity index (χ0n) is 14.4. The minimum absolute atomic E-state index is 0.0139. The number of nitrogens with zero attached hydrogens (tertiary/aromatic N) is 3. The van der Waals surface area contributed by atoms with Crippen LogP contribution in [0.5, 0.6) is 0 Å². The number of aromatic nitrogens is 1. The van der Waals surface area contributed by atoms with Gasteiger partial charge in [0.05, 0.1) is 24.9 Å². The van der Waals surface area contributed by atoms with Gasteiger partial charge in [0.15, 0.2) is 0 Å². The maximum absolute atomic E-state index is 13.9. The molecule has 0 bridgehead atoms. The Labute approximate surface area is 158 Å². The highest BCUT2D eigenvalue weighted by Gasteiger charge is 2.28. The van der Waals surface area contributed by atoms with Crippen molar-refractivity contribution >= 4 is 17.6 Å². The maximum Gasteiger partial charge on any atom is 0.322 e. The molecule has 2 aromatic rings. The van der Waals surface area contributed by atoms with E-state index in [4.69, 9.17) is 5.26 Å². The third-order valence-electron chi connectivity index (χ3n) is 4.23. The summed E-state index contributed by atoms with van der Waals surface area (Å²) in [5.41, 5.74) is 0.960. The van der Waals surface area contributed by atoms with Crippen molar-refractivity contribution in [3.05, 3.63) is 58.9 Å². The molecule has 1 aromatic heterocycles. The number of carbonyl (C=O) groups excluding carboxylic acids is 2. The molecular weight excluding hydrogens is 372 g/mol. The third kappa shape index (κ3) is 3.89. The van der Waals surface area contributed by atoms with Gasteiger partial charge in [-0.2, -0.15) is 5.26 Å². The summed E-state index contributed by atoms with van der Waals surface area (Å²) in [4.78, 5) is 29.6. The lowest BCUT2D eigenvalue weighted by Crippen LogP contribution is -2.46. The number of halogens is 2. The predicted octanol–water partition coefficient (Wildman–Crippen LogP) is 1.43. The Balaban J connectivity index is 1.72. The largest absolute Gasteiger partial charge is 0.394 e. The molecule has 0 saturated heterocycles. The fourth-order valence-corrected chi connectivity index (χ4v) is 2.87. The van der Waals surface area contributed by atoms with Crippen molar-refractivity contribution in [3.8, 4) is 6.07 Å². The van der Waals surface area contributed by atoms with Gasteiger partial charge in [0, 0.05) is 23.4 Å². The van der Waals surface area contributed by atoms with Gasteiger partial charge in [0.25, 0.3) is 0 Å². The first kappa shape index (κ1) is 19.2. The van der Waals surface area contributed by atoms with Crippen molar-refractivity contribution < 1.29 is 23.5 Å². The van der Waals surface area contributed by atoms with Crippen molar-refractivity contribution in [3.63, 3.8) is 0 Å². The zero-order valence-corrected chi connectivity index (χ0v) is 14.4. The predicted molar refractivity (Wildman–Crippen MR) is 92.7 cm³/mol. The molecule has 8 nitrogen and oxygen atoms in total. The number of amides is 3. The van der Waals surface area contributed by atoms with Crippen LogP contribution in [0.2, 0.25) is 0 Å². The number of urea groups is 1. The van der Waals surface area contributed by atoms with Gasteiger partial charge in [0.1, 0.15) is 29.9 Å². The van der Waals surface area contributed by atoms with Crippen LogP contribution in [0.15, 0.2) is 30.5 Å². The molecule has 144 valence electrons. The Morgan fingerprint density at radius 3 is 2.89 bits per heavy atom. The highest BCUT2D eigenvalue weighted by molar-refractivity contribution is 5.95. The molecule has 3 amide bonds. The molecule has 2 heterocycles. The number of hydrogen-bond donors (Lipinski definition) is 3. The van der Waals surface area contributed by atoms with E-state index in [9.17, 15) is 23.5 Å². The van der Waals surface area contributed by atoms with Gasteiger partial charge in [0.2, 0.25) is 5.91 Å². The Hall–Kier alpha value is -3.58. The second-order valence-electron chi connectivity index (χ2n) is 6.05. The summed E-state index contributed by atoms with van der Waals surface area (Å²) in [5, 5.41) is 23.6. The van der Waals surface area contributed by atoms with E-state index in [-0.39, 0.29) is 17.8 Å². The fourth-order valence-electron chi connectivity index (χ4n) is 2.87. The van der Waals surface area contributed by atoms with Crippen LogP contribution >= 0.6 is 0 Å². The number of pyridine rings is 1. The van der Waals surface area contributed by atoms with E-state index in [0.717, 1.165) is 17.0 Å². The van der Waals surface area contributed by atoms with Gasteiger partial charge in [-0.1, -0.05) is 6.07 Å². The molecule has 0 spiro atoms. The number of hydrogen-bond acceptors (Lipinski definition) is 5. The van der Waals surface area contributed by atoms with E-state index in [1.54, 1.807) is 6.07 Å². The Morgan fingerprint density at radius 1 is 1.43 bits per heavy atom. The topological polar surface area (TPSA) is 118 Å². The average molecular weight is 387 g/mol. The van der Waals surface area contributed by atoms with E-state index in [1.807, 2.05) is 6.07 Å². The van der Waals surface area contributed by atoms with Crippen LogP contribution in [-0.2, 0) is 11.3 Å². The molecule has 0 aliphatic carbocycles. The first-order valence-electron chi connectivity index (χ1n) is 8.22. The second kappa shape index (κ2) is 7.98. The number of benzene rings is 1. The number of anilines is 1. The van der Waals surface area contributed by atoms with Crippen LogP contribution in [0.25, 0.3) is 0 Å². The van der Waals surface area contributed by atoms with E-state index < -0.39 is 42.8 Å². The van der Waals surface area contributed by atoms with E-state index in [1.165, 1.54) is 6.20 Å². The summed E-state index contributed by atoms with van der Waals surface area (Å²) >= 11 is 0. The van der Waals surface area contributed by atoms with Crippen LogP contribution in [0, 0.1) is 23.0 Å². The van der Waals surface area contributed by atoms with Gasteiger partial charge in [-0.3, -0.25) is 4.79 Å². The van der Waals surface area contributed by atoms with Gasteiger partial charge in [-0.05, 0) is 12.1 Å². The van der Waals surface area contributed by atoms with E-state index >= 15 is 0 Å². The van der Waals surface area contributed by atoms with Crippen LogP contribution in [0.1, 0.15) is 22.9 Å². The van der Waals surface area contributed by atoms with Crippen molar-refractivity contribution in [2.45, 2.75) is 12.6 Å². The number of aliphatic hydroxyl groups excluding tert-OH is 1. The molecule has 0 radical (unpaired) electrons. The second-order valence-corrected chi connectivity index (χ2v) is 6.05. The normalized spacial score (nSPS) is 13.9.